The molecule has 0 fully saturated rings. The van der Waals surface area contributed by atoms with Crippen LogP contribution in [0.5, 0.6) is 0 Å². The standard InChI is InChI=1S/2C5H6.2ClH.Zr/c2*1-2-4-5-3-1;;;/h2*1-4H,5H2;2*1H;/q;;;;+2/p-2. The van der Waals surface area contributed by atoms with Crippen molar-refractivity contribution in [3.63, 3.8) is 0 Å². The molecule has 2 aliphatic rings. The van der Waals surface area contributed by atoms with E-state index < -0.39 is 20.8 Å². The number of halogens is 2. The van der Waals surface area contributed by atoms with Crippen molar-refractivity contribution in [1.29, 1.82) is 0 Å². The van der Waals surface area contributed by atoms with Gasteiger partial charge in [0.25, 0.3) is 0 Å². The summed E-state index contributed by atoms with van der Waals surface area (Å²) >= 11 is -0.826. The fourth-order valence-electron chi connectivity index (χ4n) is 0.786. The summed E-state index contributed by atoms with van der Waals surface area (Å²) in [5.41, 5.74) is 0. The molecule has 0 aromatic carbocycles. The Morgan fingerprint density at radius 1 is 0.692 bits per heavy atom. The molecule has 0 atom stereocenters. The second-order valence-corrected chi connectivity index (χ2v) is 5.99. The van der Waals surface area contributed by atoms with Crippen LogP contribution in [0.15, 0.2) is 48.6 Å². The van der Waals surface area contributed by atoms with Gasteiger partial charge in [0.2, 0.25) is 0 Å². The number of rotatable bonds is 0. The van der Waals surface area contributed by atoms with Crippen molar-refractivity contribution in [3.05, 3.63) is 48.6 Å². The maximum absolute atomic E-state index is 4.93. The van der Waals surface area contributed by atoms with Gasteiger partial charge in [-0.15, -0.1) is 0 Å². The van der Waals surface area contributed by atoms with E-state index in [0.29, 0.717) is 0 Å². The molecule has 0 aliphatic heterocycles. The molecule has 0 bridgehead atoms. The van der Waals surface area contributed by atoms with E-state index in [1.54, 1.807) is 0 Å². The molecule has 13 heavy (non-hydrogen) atoms. The molecule has 0 heterocycles. The van der Waals surface area contributed by atoms with Gasteiger partial charge < -0.3 is 0 Å². The van der Waals surface area contributed by atoms with Crippen LogP contribution in [0.3, 0.4) is 0 Å². The van der Waals surface area contributed by atoms with Crippen LogP contribution in [-0.4, -0.2) is 0 Å². The molecule has 0 saturated carbocycles. The Morgan fingerprint density at radius 3 is 1.00 bits per heavy atom. The molecule has 0 unspecified atom stereocenters. The molecule has 2 rings (SSSR count). The number of allylic oxidation sites excluding steroid dienone is 8. The van der Waals surface area contributed by atoms with Crippen LogP contribution in [0, 0.1) is 0 Å². The predicted molar refractivity (Wildman–Crippen MR) is 57.5 cm³/mol. The third-order valence-corrected chi connectivity index (χ3v) is 1.31. The molecule has 0 radical (unpaired) electrons. The van der Waals surface area contributed by atoms with E-state index in [4.69, 9.17) is 17.0 Å². The molecule has 0 aromatic rings. The minimum absolute atomic E-state index is 0.826. The molecule has 0 amide bonds. The molecular formula is C10H12Cl2Zr. The molecule has 0 saturated heterocycles. The zero-order chi connectivity index (χ0) is 9.78. The van der Waals surface area contributed by atoms with Crippen molar-refractivity contribution in [3.8, 4) is 0 Å². The normalized spacial score (nSPS) is 14.6. The van der Waals surface area contributed by atoms with Crippen molar-refractivity contribution >= 4 is 17.0 Å². The Labute approximate surface area is 98.7 Å². The summed E-state index contributed by atoms with van der Waals surface area (Å²) < 4.78 is 0. The Hall–Kier alpha value is 0.423. The third kappa shape index (κ3) is 12.4. The van der Waals surface area contributed by atoms with E-state index in [1.807, 2.05) is 0 Å². The van der Waals surface area contributed by atoms with Gasteiger partial charge in [0.1, 0.15) is 0 Å². The average Bonchev–Trinajstić information content (AvgIpc) is 2.85. The molecule has 0 nitrogen and oxygen atoms in total. The first-order valence-electron chi connectivity index (χ1n) is 4.01. The van der Waals surface area contributed by atoms with Gasteiger partial charge in [-0.25, -0.2) is 0 Å². The van der Waals surface area contributed by atoms with E-state index in [-0.39, 0.29) is 0 Å². The first-order valence-corrected chi connectivity index (χ1v) is 10.3. The van der Waals surface area contributed by atoms with E-state index in [1.165, 1.54) is 0 Å². The topological polar surface area (TPSA) is 0 Å². The van der Waals surface area contributed by atoms with Crippen LogP contribution in [0.4, 0.5) is 0 Å². The van der Waals surface area contributed by atoms with Crippen LogP contribution in [0.2, 0.25) is 0 Å². The average molecular weight is 294 g/mol. The van der Waals surface area contributed by atoms with Crippen molar-refractivity contribution in [2.75, 3.05) is 0 Å². The van der Waals surface area contributed by atoms with Crippen molar-refractivity contribution in [1.82, 2.24) is 0 Å². The predicted octanol–water partition coefficient (Wildman–Crippen LogP) is 4.38. The molecule has 0 aromatic heterocycles. The van der Waals surface area contributed by atoms with Crippen LogP contribution in [0.25, 0.3) is 0 Å². The van der Waals surface area contributed by atoms with Gasteiger partial charge in [-0.3, -0.25) is 0 Å². The molecule has 3 heteroatoms. The SMILES string of the molecule is C1=CCC=C1.C1=CCC=C1.[Cl][Zr][Cl]. The summed E-state index contributed by atoms with van der Waals surface area (Å²) in [7, 11) is 9.87. The van der Waals surface area contributed by atoms with Gasteiger partial charge in [0, 0.05) is 0 Å². The van der Waals surface area contributed by atoms with Crippen LogP contribution in [0.1, 0.15) is 12.8 Å². The molecule has 2 aliphatic carbocycles. The van der Waals surface area contributed by atoms with Gasteiger partial charge in [0.05, 0.1) is 0 Å². The maximum atomic E-state index is 4.93. The van der Waals surface area contributed by atoms with E-state index >= 15 is 0 Å². The first kappa shape index (κ1) is 13.4. The Balaban J connectivity index is 0.000000174. The second kappa shape index (κ2) is 12.4. The summed E-state index contributed by atoms with van der Waals surface area (Å²) in [6, 6.07) is 0. The number of hydrogen-bond acceptors (Lipinski definition) is 0. The summed E-state index contributed by atoms with van der Waals surface area (Å²) in [6.45, 7) is 0. The first-order chi connectivity index (χ1) is 6.41. The Bertz CT molecular complexity index is 163. The monoisotopic (exact) mass is 292 g/mol. The van der Waals surface area contributed by atoms with Gasteiger partial charge >= 0.3 is 37.9 Å². The fourth-order valence-corrected chi connectivity index (χ4v) is 0.786. The zero-order valence-electron chi connectivity index (χ0n) is 7.29. The summed E-state index contributed by atoms with van der Waals surface area (Å²) in [5.74, 6) is 0. The molecule has 0 spiro atoms. The quantitative estimate of drug-likeness (QED) is 0.622. The van der Waals surface area contributed by atoms with E-state index in [9.17, 15) is 0 Å². The fraction of sp³-hybridized carbons (Fsp3) is 0.200. The Morgan fingerprint density at radius 2 is 0.923 bits per heavy atom. The van der Waals surface area contributed by atoms with Crippen molar-refractivity contribution in [2.24, 2.45) is 0 Å². The summed E-state index contributed by atoms with van der Waals surface area (Å²) in [5, 5.41) is 0. The molecule has 70 valence electrons. The van der Waals surface area contributed by atoms with Crippen LogP contribution in [-0.2, 0) is 20.8 Å². The third-order valence-electron chi connectivity index (χ3n) is 1.31. The van der Waals surface area contributed by atoms with E-state index in [0.717, 1.165) is 12.8 Å². The zero-order valence-corrected chi connectivity index (χ0v) is 11.3. The van der Waals surface area contributed by atoms with Gasteiger partial charge in [-0.05, 0) is 12.8 Å². The van der Waals surface area contributed by atoms with E-state index in [2.05, 4.69) is 48.6 Å². The summed E-state index contributed by atoms with van der Waals surface area (Å²) in [6.07, 6.45) is 19.0. The van der Waals surface area contributed by atoms with Gasteiger partial charge in [-0.1, -0.05) is 48.6 Å². The Kier molecular flexibility index (Phi) is 12.8. The van der Waals surface area contributed by atoms with Crippen molar-refractivity contribution in [2.45, 2.75) is 12.8 Å². The minimum atomic E-state index is -0.826. The van der Waals surface area contributed by atoms with Crippen molar-refractivity contribution < 1.29 is 20.8 Å². The molecule has 0 N–H and O–H groups in total. The van der Waals surface area contributed by atoms with Crippen LogP contribution < -0.4 is 0 Å². The summed E-state index contributed by atoms with van der Waals surface area (Å²) in [4.78, 5) is 0. The van der Waals surface area contributed by atoms with Crippen LogP contribution >= 0.6 is 17.0 Å². The molecular weight excluding hydrogens is 282 g/mol. The second-order valence-electron chi connectivity index (χ2n) is 2.26. The van der Waals surface area contributed by atoms with Gasteiger partial charge in [0.15, 0.2) is 0 Å². The number of hydrogen-bond donors (Lipinski definition) is 0. The van der Waals surface area contributed by atoms with Gasteiger partial charge in [-0.2, -0.15) is 0 Å².